The molecule has 1 aromatic heterocycles. The molecule has 0 fully saturated rings. The van der Waals surface area contributed by atoms with Crippen molar-refractivity contribution in [2.75, 3.05) is 5.75 Å². The Morgan fingerprint density at radius 2 is 2.43 bits per heavy atom. The van der Waals surface area contributed by atoms with Crippen LogP contribution in [0.5, 0.6) is 0 Å². The van der Waals surface area contributed by atoms with E-state index in [-0.39, 0.29) is 10.8 Å². The summed E-state index contributed by atoms with van der Waals surface area (Å²) in [6, 6.07) is 0. The molecule has 0 aliphatic heterocycles. The summed E-state index contributed by atoms with van der Waals surface area (Å²) >= 11 is 7.02. The van der Waals surface area contributed by atoms with Gasteiger partial charge in [-0.1, -0.05) is 30.3 Å². The van der Waals surface area contributed by atoms with Crippen LogP contribution in [0.4, 0.5) is 5.69 Å². The van der Waals surface area contributed by atoms with Gasteiger partial charge in [-0.2, -0.15) is 0 Å². The van der Waals surface area contributed by atoms with Crippen LogP contribution in [0.3, 0.4) is 0 Å². The minimum Gasteiger partial charge on any atom is -0.258 e. The maximum absolute atomic E-state index is 10.4. The SMILES string of the molecule is CCCSc1ncc([N+](=O)[O-])c(Cl)n1. The third-order valence-electron chi connectivity index (χ3n) is 1.33. The number of halogens is 1. The van der Waals surface area contributed by atoms with E-state index in [4.69, 9.17) is 11.6 Å². The summed E-state index contributed by atoms with van der Waals surface area (Å²) in [6.45, 7) is 2.03. The zero-order valence-electron chi connectivity index (χ0n) is 7.44. The lowest BCUT2D eigenvalue weighted by atomic mass is 10.6. The Hall–Kier alpha value is -0.880. The Morgan fingerprint density at radius 1 is 1.71 bits per heavy atom. The van der Waals surface area contributed by atoms with Crippen molar-refractivity contribution in [3.05, 3.63) is 21.5 Å². The van der Waals surface area contributed by atoms with Gasteiger partial charge in [0.05, 0.1) is 4.92 Å². The molecule has 0 bridgehead atoms. The van der Waals surface area contributed by atoms with Gasteiger partial charge in [-0.25, -0.2) is 9.97 Å². The van der Waals surface area contributed by atoms with Gasteiger partial charge >= 0.3 is 5.69 Å². The van der Waals surface area contributed by atoms with Gasteiger partial charge in [-0.3, -0.25) is 10.1 Å². The summed E-state index contributed by atoms with van der Waals surface area (Å²) in [5, 5.41) is 10.7. The van der Waals surface area contributed by atoms with Crippen LogP contribution in [-0.4, -0.2) is 20.6 Å². The van der Waals surface area contributed by atoms with E-state index in [1.165, 1.54) is 11.8 Å². The first-order chi connectivity index (χ1) is 6.65. The molecule has 1 aromatic rings. The van der Waals surface area contributed by atoms with E-state index in [1.807, 2.05) is 6.92 Å². The average Bonchev–Trinajstić information content (AvgIpc) is 2.14. The second-order valence-corrected chi connectivity index (χ2v) is 3.85. The van der Waals surface area contributed by atoms with Crippen molar-refractivity contribution in [1.29, 1.82) is 0 Å². The molecule has 0 saturated carbocycles. The van der Waals surface area contributed by atoms with Crippen molar-refractivity contribution in [2.24, 2.45) is 0 Å². The molecule has 0 aliphatic carbocycles. The molecule has 0 saturated heterocycles. The van der Waals surface area contributed by atoms with Crippen molar-refractivity contribution >= 4 is 29.1 Å². The first kappa shape index (κ1) is 11.2. The molecule has 0 aliphatic rings. The Bertz CT molecular complexity index is 348. The number of nitro groups is 1. The van der Waals surface area contributed by atoms with Crippen LogP contribution >= 0.6 is 23.4 Å². The van der Waals surface area contributed by atoms with Crippen LogP contribution in [0, 0.1) is 10.1 Å². The van der Waals surface area contributed by atoms with Gasteiger partial charge in [-0.15, -0.1) is 0 Å². The third kappa shape index (κ3) is 2.81. The Kier molecular flexibility index (Phi) is 4.09. The lowest BCUT2D eigenvalue weighted by molar-refractivity contribution is -0.385. The van der Waals surface area contributed by atoms with Crippen molar-refractivity contribution in [2.45, 2.75) is 18.5 Å². The number of hydrogen-bond acceptors (Lipinski definition) is 5. The zero-order chi connectivity index (χ0) is 10.6. The topological polar surface area (TPSA) is 68.9 Å². The summed E-state index contributed by atoms with van der Waals surface area (Å²) in [7, 11) is 0. The van der Waals surface area contributed by atoms with Crippen LogP contribution in [0.1, 0.15) is 13.3 Å². The molecular weight excluding hydrogens is 226 g/mol. The monoisotopic (exact) mass is 233 g/mol. The van der Waals surface area contributed by atoms with E-state index in [0.717, 1.165) is 18.4 Å². The van der Waals surface area contributed by atoms with E-state index in [0.29, 0.717) is 5.16 Å². The molecule has 76 valence electrons. The van der Waals surface area contributed by atoms with E-state index >= 15 is 0 Å². The maximum atomic E-state index is 10.4. The minimum absolute atomic E-state index is 0.108. The van der Waals surface area contributed by atoms with Crippen LogP contribution < -0.4 is 0 Å². The predicted molar refractivity (Wildman–Crippen MR) is 54.7 cm³/mol. The van der Waals surface area contributed by atoms with Crippen LogP contribution in [0.25, 0.3) is 0 Å². The quantitative estimate of drug-likeness (QED) is 0.263. The summed E-state index contributed by atoms with van der Waals surface area (Å²) in [6.07, 6.45) is 2.12. The normalized spacial score (nSPS) is 10.1. The highest BCUT2D eigenvalue weighted by Gasteiger charge is 2.14. The number of thioether (sulfide) groups is 1. The van der Waals surface area contributed by atoms with E-state index in [2.05, 4.69) is 9.97 Å². The van der Waals surface area contributed by atoms with Crippen molar-refractivity contribution in [3.8, 4) is 0 Å². The third-order valence-corrected chi connectivity index (χ3v) is 2.68. The van der Waals surface area contributed by atoms with Crippen molar-refractivity contribution in [1.82, 2.24) is 9.97 Å². The Balaban J connectivity index is 2.83. The fourth-order valence-corrected chi connectivity index (χ4v) is 1.64. The fourth-order valence-electron chi connectivity index (χ4n) is 0.725. The van der Waals surface area contributed by atoms with Crippen LogP contribution in [0.2, 0.25) is 5.15 Å². The molecule has 1 heterocycles. The maximum Gasteiger partial charge on any atom is 0.324 e. The van der Waals surface area contributed by atoms with Crippen molar-refractivity contribution in [3.63, 3.8) is 0 Å². The van der Waals surface area contributed by atoms with Gasteiger partial charge in [0.25, 0.3) is 0 Å². The summed E-state index contributed by atoms with van der Waals surface area (Å²) in [5.74, 6) is 0.869. The molecular formula is C7H8ClN3O2S. The van der Waals surface area contributed by atoms with Gasteiger partial charge in [0.1, 0.15) is 6.20 Å². The highest BCUT2D eigenvalue weighted by molar-refractivity contribution is 7.99. The molecule has 0 N–H and O–H groups in total. The lowest BCUT2D eigenvalue weighted by Gasteiger charge is -1.98. The standard InChI is InChI=1S/C7H8ClN3O2S/c1-2-3-14-7-9-4-5(11(12)13)6(8)10-7/h4H,2-3H2,1H3. The van der Waals surface area contributed by atoms with E-state index in [1.54, 1.807) is 0 Å². The molecule has 1 rings (SSSR count). The Labute approximate surface area is 90.0 Å². The Morgan fingerprint density at radius 3 is 2.93 bits per heavy atom. The molecule has 0 aromatic carbocycles. The highest BCUT2D eigenvalue weighted by atomic mass is 35.5. The number of hydrogen-bond donors (Lipinski definition) is 0. The molecule has 0 spiro atoms. The highest BCUT2D eigenvalue weighted by Crippen LogP contribution is 2.23. The first-order valence-electron chi connectivity index (χ1n) is 3.95. The van der Waals surface area contributed by atoms with Crippen molar-refractivity contribution < 1.29 is 4.92 Å². The summed E-state index contributed by atoms with van der Waals surface area (Å²) in [5.41, 5.74) is -0.257. The molecule has 0 radical (unpaired) electrons. The van der Waals surface area contributed by atoms with Gasteiger partial charge in [0, 0.05) is 5.75 Å². The van der Waals surface area contributed by atoms with Crippen LogP contribution in [0.15, 0.2) is 11.4 Å². The van der Waals surface area contributed by atoms with E-state index in [9.17, 15) is 10.1 Å². The van der Waals surface area contributed by atoms with Crippen LogP contribution in [-0.2, 0) is 0 Å². The van der Waals surface area contributed by atoms with Gasteiger partial charge in [0.15, 0.2) is 5.16 Å². The minimum atomic E-state index is -0.601. The smallest absolute Gasteiger partial charge is 0.258 e. The van der Waals surface area contributed by atoms with E-state index < -0.39 is 4.92 Å². The molecule has 7 heteroatoms. The van der Waals surface area contributed by atoms with Gasteiger partial charge in [-0.05, 0) is 6.42 Å². The molecule has 0 atom stereocenters. The second-order valence-electron chi connectivity index (χ2n) is 2.43. The number of rotatable bonds is 4. The molecule has 0 amide bonds. The predicted octanol–water partition coefficient (Wildman–Crippen LogP) is 2.54. The number of nitrogens with zero attached hydrogens (tertiary/aromatic N) is 3. The largest absolute Gasteiger partial charge is 0.324 e. The van der Waals surface area contributed by atoms with Gasteiger partial charge < -0.3 is 0 Å². The summed E-state index contributed by atoms with van der Waals surface area (Å²) < 4.78 is 0. The number of aromatic nitrogens is 2. The molecule has 5 nitrogen and oxygen atoms in total. The first-order valence-corrected chi connectivity index (χ1v) is 5.31. The fraction of sp³-hybridized carbons (Fsp3) is 0.429. The lowest BCUT2D eigenvalue weighted by Crippen LogP contribution is -1.95. The average molecular weight is 234 g/mol. The second kappa shape index (κ2) is 5.11. The molecule has 14 heavy (non-hydrogen) atoms. The zero-order valence-corrected chi connectivity index (χ0v) is 9.01. The van der Waals surface area contributed by atoms with Gasteiger partial charge in [0.2, 0.25) is 5.15 Å². The molecule has 0 unspecified atom stereocenters. The summed E-state index contributed by atoms with van der Waals surface area (Å²) in [4.78, 5) is 17.4.